The molecule has 1 aromatic rings. The second-order valence-corrected chi connectivity index (χ2v) is 10.3. The number of aliphatic carboxylic acids is 1. The monoisotopic (exact) mass is 565 g/mol. The molecule has 39 heavy (non-hydrogen) atoms. The minimum Gasteiger partial charge on any atom is -0.480 e. The Balaban J connectivity index is 2.09. The van der Waals surface area contributed by atoms with Gasteiger partial charge in [-0.3, -0.25) is 19.4 Å². The van der Waals surface area contributed by atoms with Gasteiger partial charge in [-0.2, -0.15) is 0 Å². The Morgan fingerprint density at radius 3 is 2.36 bits per heavy atom. The Kier molecular flexibility index (Phi) is 12.5. The van der Waals surface area contributed by atoms with Crippen molar-refractivity contribution in [3.63, 3.8) is 0 Å². The van der Waals surface area contributed by atoms with Crippen LogP contribution >= 0.6 is 11.6 Å². The summed E-state index contributed by atoms with van der Waals surface area (Å²) >= 11 is 6.00. The zero-order chi connectivity index (χ0) is 29.0. The molecule has 0 aromatic heterocycles. The number of hydrogen-bond donors (Lipinski definition) is 7. The molecule has 1 aliphatic rings. The second kappa shape index (κ2) is 15.3. The summed E-state index contributed by atoms with van der Waals surface area (Å²) < 4.78 is 0. The SMILES string of the molecule is C[C@H](NC(=O)CCCCCCN)C(=O)NC1(C(=O)N[C@@H](CCCN=C(N)N)C(=O)O)CC1c1ccc(Cl)cc1. The highest BCUT2D eigenvalue weighted by Gasteiger charge is 2.62. The second-order valence-electron chi connectivity index (χ2n) is 9.82. The van der Waals surface area contributed by atoms with Gasteiger partial charge in [0.2, 0.25) is 17.7 Å². The lowest BCUT2D eigenvalue weighted by Gasteiger charge is -2.24. The van der Waals surface area contributed by atoms with E-state index in [2.05, 4.69) is 20.9 Å². The maximum absolute atomic E-state index is 13.5. The number of benzene rings is 1. The number of nitrogens with zero attached hydrogens (tertiary/aromatic N) is 1. The minimum atomic E-state index is -1.38. The van der Waals surface area contributed by atoms with Crippen LogP contribution in [0.15, 0.2) is 29.3 Å². The van der Waals surface area contributed by atoms with Crippen LogP contribution in [0.5, 0.6) is 0 Å². The zero-order valence-corrected chi connectivity index (χ0v) is 23.0. The number of nitrogens with one attached hydrogen (secondary N) is 3. The van der Waals surface area contributed by atoms with E-state index in [0.29, 0.717) is 24.4 Å². The van der Waals surface area contributed by atoms with Crippen molar-refractivity contribution in [3.8, 4) is 0 Å². The van der Waals surface area contributed by atoms with Crippen molar-refractivity contribution in [1.82, 2.24) is 16.0 Å². The topological polar surface area (TPSA) is 215 Å². The van der Waals surface area contributed by atoms with Crippen molar-refractivity contribution in [1.29, 1.82) is 0 Å². The molecule has 0 saturated heterocycles. The van der Waals surface area contributed by atoms with Gasteiger partial charge >= 0.3 is 5.97 Å². The molecule has 3 amide bonds. The lowest BCUT2D eigenvalue weighted by atomic mass is 10.0. The fraction of sp³-hybridized carbons (Fsp3) is 0.577. The predicted octanol–water partition coefficient (Wildman–Crippen LogP) is 0.719. The van der Waals surface area contributed by atoms with Crippen LogP contribution in [-0.2, 0) is 19.2 Å². The van der Waals surface area contributed by atoms with Crippen molar-refractivity contribution in [2.45, 2.75) is 81.8 Å². The molecule has 0 radical (unpaired) electrons. The van der Waals surface area contributed by atoms with Crippen molar-refractivity contribution >= 4 is 41.3 Å². The van der Waals surface area contributed by atoms with Crippen LogP contribution in [0, 0.1) is 0 Å². The summed E-state index contributed by atoms with van der Waals surface area (Å²) in [5.41, 5.74) is 15.5. The summed E-state index contributed by atoms with van der Waals surface area (Å²) in [4.78, 5) is 54.5. The molecule has 0 aliphatic heterocycles. The van der Waals surface area contributed by atoms with E-state index in [1.54, 1.807) is 24.3 Å². The standard InChI is InChI=1S/C26H40ClN7O5/c1-16(32-21(35)8-4-2-3-5-13-28)22(36)34-26(15-19(26)17-9-11-18(27)12-10-17)24(39)33-20(23(37)38)7-6-14-31-25(29)30/h9-12,16,19-20H,2-8,13-15,28H2,1H3,(H,32,35)(H,33,39)(H,34,36)(H,37,38)(H4,29,30,31)/t16-,19?,20-,26?/m0/s1. The van der Waals surface area contributed by atoms with Gasteiger partial charge < -0.3 is 38.3 Å². The molecule has 0 bridgehead atoms. The quantitative estimate of drug-likeness (QED) is 0.0809. The first kappa shape index (κ1) is 31.8. The average molecular weight is 566 g/mol. The van der Waals surface area contributed by atoms with Crippen molar-refractivity contribution in [3.05, 3.63) is 34.9 Å². The number of halogens is 1. The smallest absolute Gasteiger partial charge is 0.326 e. The summed E-state index contributed by atoms with van der Waals surface area (Å²) in [6.07, 6.45) is 4.34. The molecule has 2 unspecified atom stereocenters. The van der Waals surface area contributed by atoms with Crippen LogP contribution in [0.25, 0.3) is 0 Å². The molecule has 10 N–H and O–H groups in total. The van der Waals surface area contributed by atoms with E-state index in [1.165, 1.54) is 6.92 Å². The molecule has 216 valence electrons. The third kappa shape index (κ3) is 10.0. The highest BCUT2D eigenvalue weighted by atomic mass is 35.5. The average Bonchev–Trinajstić information content (AvgIpc) is 3.60. The molecule has 4 atom stereocenters. The van der Waals surface area contributed by atoms with Crippen molar-refractivity contribution in [2.75, 3.05) is 13.1 Å². The summed E-state index contributed by atoms with van der Waals surface area (Å²) in [5, 5.41) is 18.2. The van der Waals surface area contributed by atoms with Crippen LogP contribution in [0.3, 0.4) is 0 Å². The molecule has 0 heterocycles. The normalized spacial score (nSPS) is 19.3. The molecule has 1 aromatic carbocycles. The number of aliphatic imine (C=N–C) groups is 1. The van der Waals surface area contributed by atoms with E-state index < -0.39 is 41.3 Å². The van der Waals surface area contributed by atoms with E-state index >= 15 is 0 Å². The zero-order valence-electron chi connectivity index (χ0n) is 22.2. The number of guanidine groups is 1. The van der Waals surface area contributed by atoms with Crippen LogP contribution in [-0.4, -0.2) is 65.5 Å². The summed E-state index contributed by atoms with van der Waals surface area (Å²) in [7, 11) is 0. The van der Waals surface area contributed by atoms with Crippen LogP contribution < -0.4 is 33.2 Å². The number of carbonyl (C=O) groups is 4. The highest BCUT2D eigenvalue weighted by Crippen LogP contribution is 2.52. The number of rotatable bonds is 17. The number of amides is 3. The molecule has 1 aliphatic carbocycles. The fourth-order valence-electron chi connectivity index (χ4n) is 4.35. The van der Waals surface area contributed by atoms with E-state index in [-0.39, 0.29) is 37.7 Å². The largest absolute Gasteiger partial charge is 0.480 e. The number of carbonyl (C=O) groups excluding carboxylic acids is 3. The maximum atomic E-state index is 13.5. The van der Waals surface area contributed by atoms with Gasteiger partial charge in [0, 0.05) is 23.9 Å². The Morgan fingerprint density at radius 1 is 1.08 bits per heavy atom. The van der Waals surface area contributed by atoms with E-state index in [4.69, 9.17) is 28.8 Å². The number of nitrogens with two attached hydrogens (primary N) is 3. The summed E-state index contributed by atoms with van der Waals surface area (Å²) in [6, 6.07) is 4.78. The Bertz CT molecular complexity index is 1030. The highest BCUT2D eigenvalue weighted by molar-refractivity contribution is 6.30. The first-order valence-corrected chi connectivity index (χ1v) is 13.5. The van der Waals surface area contributed by atoms with Gasteiger partial charge in [0.05, 0.1) is 0 Å². The Labute approximate surface area is 233 Å². The molecular weight excluding hydrogens is 526 g/mol. The van der Waals surface area contributed by atoms with Gasteiger partial charge in [-0.1, -0.05) is 36.6 Å². The van der Waals surface area contributed by atoms with Gasteiger partial charge in [-0.15, -0.1) is 0 Å². The van der Waals surface area contributed by atoms with E-state index in [0.717, 1.165) is 24.8 Å². The third-order valence-corrected chi connectivity index (χ3v) is 6.91. The van der Waals surface area contributed by atoms with Crippen LogP contribution in [0.2, 0.25) is 5.02 Å². The van der Waals surface area contributed by atoms with Crippen molar-refractivity contribution < 1.29 is 24.3 Å². The molecule has 0 spiro atoms. The molecular formula is C26H40ClN7O5. The summed E-state index contributed by atoms with van der Waals surface area (Å²) in [6.45, 7) is 2.36. The van der Waals surface area contributed by atoms with Crippen molar-refractivity contribution in [2.24, 2.45) is 22.2 Å². The summed E-state index contributed by atoms with van der Waals surface area (Å²) in [5.74, 6) is -3.16. The fourth-order valence-corrected chi connectivity index (χ4v) is 4.47. The number of hydrogen-bond acceptors (Lipinski definition) is 6. The number of carboxylic acid groups (broad SMARTS) is 1. The Hall–Kier alpha value is -3.38. The van der Waals surface area contributed by atoms with Gasteiger partial charge in [-0.05, 0) is 63.3 Å². The van der Waals surface area contributed by atoms with Gasteiger partial charge in [0.1, 0.15) is 17.6 Å². The number of carboxylic acids is 1. The van der Waals surface area contributed by atoms with Gasteiger partial charge in [-0.25, -0.2) is 4.79 Å². The van der Waals surface area contributed by atoms with E-state index in [1.807, 2.05) is 0 Å². The minimum absolute atomic E-state index is 0.0885. The predicted molar refractivity (Wildman–Crippen MR) is 149 cm³/mol. The number of unbranched alkanes of at least 4 members (excludes halogenated alkanes) is 3. The molecule has 1 saturated carbocycles. The molecule has 1 fully saturated rings. The van der Waals surface area contributed by atoms with E-state index in [9.17, 15) is 24.3 Å². The third-order valence-electron chi connectivity index (χ3n) is 6.66. The molecule has 12 nitrogen and oxygen atoms in total. The lowest BCUT2D eigenvalue weighted by molar-refractivity contribution is -0.142. The lowest BCUT2D eigenvalue weighted by Crippen LogP contribution is -2.57. The first-order chi connectivity index (χ1) is 18.5. The van der Waals surface area contributed by atoms with Crippen LogP contribution in [0.1, 0.15) is 69.8 Å². The maximum Gasteiger partial charge on any atom is 0.326 e. The first-order valence-electron chi connectivity index (χ1n) is 13.2. The van der Waals surface area contributed by atoms with Gasteiger partial charge in [0.15, 0.2) is 5.96 Å². The van der Waals surface area contributed by atoms with Gasteiger partial charge in [0.25, 0.3) is 0 Å². The molecule has 13 heteroatoms. The Morgan fingerprint density at radius 2 is 1.74 bits per heavy atom. The van der Waals surface area contributed by atoms with Crippen LogP contribution in [0.4, 0.5) is 0 Å². The molecule has 2 rings (SSSR count).